The summed E-state index contributed by atoms with van der Waals surface area (Å²) in [6.07, 6.45) is 0.930. The van der Waals surface area contributed by atoms with Crippen LogP contribution in [-0.4, -0.2) is 32.9 Å². The van der Waals surface area contributed by atoms with Gasteiger partial charge in [0.15, 0.2) is 5.82 Å². The maximum atomic E-state index is 11.6. The van der Waals surface area contributed by atoms with Crippen LogP contribution in [0.5, 0.6) is 0 Å². The van der Waals surface area contributed by atoms with Crippen molar-refractivity contribution in [1.29, 1.82) is 0 Å². The number of carbonyl (C=O) groups excluding carboxylic acids is 1. The lowest BCUT2D eigenvalue weighted by molar-refractivity contribution is -0.119. The molecule has 0 radical (unpaired) electrons. The van der Waals surface area contributed by atoms with E-state index in [1.165, 1.54) is 11.8 Å². The lowest BCUT2D eigenvalue weighted by atomic mass is 10.3. The number of thiophene rings is 1. The second-order valence-corrected chi connectivity index (χ2v) is 6.00. The van der Waals surface area contributed by atoms with Gasteiger partial charge in [0.1, 0.15) is 0 Å². The van der Waals surface area contributed by atoms with Crippen LogP contribution >= 0.6 is 23.1 Å². The highest BCUT2D eigenvalue weighted by molar-refractivity contribution is 7.99. The fourth-order valence-electron chi connectivity index (χ4n) is 1.38. The Hall–Kier alpha value is -1.34. The molecule has 0 aromatic carbocycles. The summed E-state index contributed by atoms with van der Waals surface area (Å²) >= 11 is 2.94. The number of hydrogen-bond donors (Lipinski definition) is 2. The van der Waals surface area contributed by atoms with Crippen LogP contribution in [0.3, 0.4) is 0 Å². The summed E-state index contributed by atoms with van der Waals surface area (Å²) in [5, 5.41) is 12.5. The largest absolute Gasteiger partial charge is 0.353 e. The summed E-state index contributed by atoms with van der Waals surface area (Å²) in [6, 6.07) is 4.16. The van der Waals surface area contributed by atoms with E-state index < -0.39 is 0 Å². The second-order valence-electron chi connectivity index (χ2n) is 4.11. The highest BCUT2D eigenvalue weighted by Crippen LogP contribution is 2.22. The molecule has 0 fully saturated rings. The molecule has 0 aliphatic heterocycles. The van der Waals surface area contributed by atoms with Gasteiger partial charge in [0, 0.05) is 6.04 Å². The van der Waals surface area contributed by atoms with E-state index in [0.717, 1.165) is 17.1 Å². The third-order valence-electron chi connectivity index (χ3n) is 2.57. The summed E-state index contributed by atoms with van der Waals surface area (Å²) < 4.78 is 0. The fourth-order valence-corrected chi connectivity index (χ4v) is 2.66. The molecular formula is C12H16N4OS2. The third-order valence-corrected chi connectivity index (χ3v) is 4.30. The Kier molecular flexibility index (Phi) is 4.98. The zero-order chi connectivity index (χ0) is 13.7. The quantitative estimate of drug-likeness (QED) is 0.804. The zero-order valence-corrected chi connectivity index (χ0v) is 12.5. The van der Waals surface area contributed by atoms with E-state index in [1.54, 1.807) is 11.3 Å². The van der Waals surface area contributed by atoms with Gasteiger partial charge in [-0.15, -0.1) is 16.4 Å². The molecule has 0 unspecified atom stereocenters. The molecule has 19 heavy (non-hydrogen) atoms. The van der Waals surface area contributed by atoms with Crippen molar-refractivity contribution in [3.63, 3.8) is 0 Å². The number of carbonyl (C=O) groups is 1. The molecule has 0 aliphatic rings. The Labute approximate surface area is 120 Å². The monoisotopic (exact) mass is 296 g/mol. The van der Waals surface area contributed by atoms with Gasteiger partial charge in [-0.1, -0.05) is 24.8 Å². The van der Waals surface area contributed by atoms with Crippen LogP contribution in [0.25, 0.3) is 10.7 Å². The third kappa shape index (κ3) is 4.07. The average Bonchev–Trinajstić information content (AvgIpc) is 3.06. The number of aromatic amines is 1. The van der Waals surface area contributed by atoms with Crippen molar-refractivity contribution in [3.05, 3.63) is 17.5 Å². The molecule has 0 bridgehead atoms. The molecule has 2 aromatic heterocycles. The summed E-state index contributed by atoms with van der Waals surface area (Å²) in [5.41, 5.74) is 0. The Morgan fingerprint density at radius 3 is 3.16 bits per heavy atom. The topological polar surface area (TPSA) is 70.7 Å². The highest BCUT2D eigenvalue weighted by atomic mass is 32.2. The predicted molar refractivity (Wildman–Crippen MR) is 78.3 cm³/mol. The predicted octanol–water partition coefficient (Wildman–Crippen LogP) is 2.54. The van der Waals surface area contributed by atoms with Crippen LogP contribution in [0, 0.1) is 0 Å². The number of aromatic nitrogens is 3. The van der Waals surface area contributed by atoms with Gasteiger partial charge in [0.2, 0.25) is 11.1 Å². The Morgan fingerprint density at radius 2 is 2.47 bits per heavy atom. The SMILES string of the molecule is CC[C@H](C)NC(=O)CSc1n[nH]c(-c2cccs2)n1. The number of hydrogen-bond acceptors (Lipinski definition) is 5. The van der Waals surface area contributed by atoms with Crippen molar-refractivity contribution in [3.8, 4) is 10.7 Å². The van der Waals surface area contributed by atoms with Crippen molar-refractivity contribution in [2.75, 3.05) is 5.75 Å². The van der Waals surface area contributed by atoms with Gasteiger partial charge in [-0.05, 0) is 24.8 Å². The molecule has 0 saturated carbocycles. The molecule has 1 amide bonds. The van der Waals surface area contributed by atoms with Gasteiger partial charge in [0.05, 0.1) is 10.6 Å². The van der Waals surface area contributed by atoms with Gasteiger partial charge < -0.3 is 5.32 Å². The number of rotatable bonds is 6. The maximum Gasteiger partial charge on any atom is 0.230 e. The number of nitrogens with zero attached hydrogens (tertiary/aromatic N) is 2. The maximum absolute atomic E-state index is 11.6. The highest BCUT2D eigenvalue weighted by Gasteiger charge is 2.10. The first kappa shape index (κ1) is 14.1. The zero-order valence-electron chi connectivity index (χ0n) is 10.8. The normalized spacial score (nSPS) is 12.3. The number of H-pyrrole nitrogens is 1. The fraction of sp³-hybridized carbons (Fsp3) is 0.417. The first-order valence-corrected chi connectivity index (χ1v) is 7.94. The van der Waals surface area contributed by atoms with E-state index in [0.29, 0.717) is 10.9 Å². The number of thioether (sulfide) groups is 1. The molecular weight excluding hydrogens is 280 g/mol. The number of amides is 1. The van der Waals surface area contributed by atoms with Crippen LogP contribution in [0.1, 0.15) is 20.3 Å². The first-order chi connectivity index (χ1) is 9.19. The van der Waals surface area contributed by atoms with Gasteiger partial charge in [-0.3, -0.25) is 9.89 Å². The van der Waals surface area contributed by atoms with Crippen molar-refractivity contribution in [2.45, 2.75) is 31.5 Å². The van der Waals surface area contributed by atoms with E-state index in [-0.39, 0.29) is 11.9 Å². The molecule has 5 nitrogen and oxygen atoms in total. The van der Waals surface area contributed by atoms with Gasteiger partial charge in [-0.25, -0.2) is 4.98 Å². The molecule has 7 heteroatoms. The van der Waals surface area contributed by atoms with Crippen molar-refractivity contribution in [1.82, 2.24) is 20.5 Å². The van der Waals surface area contributed by atoms with Crippen molar-refractivity contribution < 1.29 is 4.79 Å². The molecule has 2 N–H and O–H groups in total. The van der Waals surface area contributed by atoms with Crippen LogP contribution in [0.4, 0.5) is 0 Å². The van der Waals surface area contributed by atoms with Gasteiger partial charge in [-0.2, -0.15) is 0 Å². The number of nitrogens with one attached hydrogen (secondary N) is 2. The molecule has 2 heterocycles. The Morgan fingerprint density at radius 1 is 1.63 bits per heavy atom. The van der Waals surface area contributed by atoms with Crippen molar-refractivity contribution in [2.24, 2.45) is 0 Å². The van der Waals surface area contributed by atoms with Crippen LogP contribution in [0.2, 0.25) is 0 Å². The Balaban J connectivity index is 1.85. The summed E-state index contributed by atoms with van der Waals surface area (Å²) in [6.45, 7) is 4.03. The summed E-state index contributed by atoms with van der Waals surface area (Å²) in [4.78, 5) is 17.0. The lowest BCUT2D eigenvalue weighted by Crippen LogP contribution is -2.33. The average molecular weight is 296 g/mol. The van der Waals surface area contributed by atoms with Crippen LogP contribution in [0.15, 0.2) is 22.7 Å². The lowest BCUT2D eigenvalue weighted by Gasteiger charge is -2.09. The molecule has 102 valence electrons. The molecule has 0 saturated heterocycles. The molecule has 2 aromatic rings. The summed E-state index contributed by atoms with van der Waals surface area (Å²) in [5.74, 6) is 1.10. The van der Waals surface area contributed by atoms with Crippen LogP contribution < -0.4 is 5.32 Å². The minimum Gasteiger partial charge on any atom is -0.353 e. The standard InChI is InChI=1S/C12H16N4OS2/c1-3-8(2)13-10(17)7-19-12-14-11(15-16-12)9-5-4-6-18-9/h4-6,8H,3,7H2,1-2H3,(H,13,17)(H,14,15,16)/t8-/m0/s1. The van der Waals surface area contributed by atoms with Gasteiger partial charge in [0.25, 0.3) is 0 Å². The Bertz CT molecular complexity index is 524. The second kappa shape index (κ2) is 6.72. The molecule has 0 aliphatic carbocycles. The van der Waals surface area contributed by atoms with E-state index in [4.69, 9.17) is 0 Å². The smallest absolute Gasteiger partial charge is 0.230 e. The van der Waals surface area contributed by atoms with Gasteiger partial charge >= 0.3 is 0 Å². The van der Waals surface area contributed by atoms with Crippen molar-refractivity contribution >= 4 is 29.0 Å². The minimum absolute atomic E-state index is 0.0156. The van der Waals surface area contributed by atoms with E-state index in [1.807, 2.05) is 31.4 Å². The molecule has 1 atom stereocenters. The van der Waals surface area contributed by atoms with E-state index in [9.17, 15) is 4.79 Å². The molecule has 0 spiro atoms. The summed E-state index contributed by atoms with van der Waals surface area (Å²) in [7, 11) is 0. The van der Waals surface area contributed by atoms with E-state index >= 15 is 0 Å². The first-order valence-electron chi connectivity index (χ1n) is 6.07. The minimum atomic E-state index is 0.0156. The van der Waals surface area contributed by atoms with Crippen LogP contribution in [-0.2, 0) is 4.79 Å². The molecule has 2 rings (SSSR count). The van der Waals surface area contributed by atoms with E-state index in [2.05, 4.69) is 20.5 Å².